The van der Waals surface area contributed by atoms with E-state index in [-0.39, 0.29) is 5.56 Å². The van der Waals surface area contributed by atoms with Crippen LogP contribution in [0.4, 0.5) is 0 Å². The van der Waals surface area contributed by atoms with Crippen molar-refractivity contribution in [2.75, 3.05) is 6.61 Å². The van der Waals surface area contributed by atoms with Gasteiger partial charge in [-0.15, -0.1) is 0 Å². The topological polar surface area (TPSA) is 109 Å². The lowest BCUT2D eigenvalue weighted by Gasteiger charge is -2.16. The zero-order chi connectivity index (χ0) is 14.7. The minimum absolute atomic E-state index is 0.285. The second-order valence-corrected chi connectivity index (χ2v) is 4.46. The first-order valence-corrected chi connectivity index (χ1v) is 6.35. The highest BCUT2D eigenvalue weighted by Crippen LogP contribution is 2.23. The van der Waals surface area contributed by atoms with E-state index in [9.17, 15) is 15.0 Å². The molecule has 4 atom stereocenters. The van der Waals surface area contributed by atoms with E-state index in [4.69, 9.17) is 14.6 Å². The summed E-state index contributed by atoms with van der Waals surface area (Å²) in [7, 11) is 0. The normalized spacial score (nSPS) is 29.4. The van der Waals surface area contributed by atoms with E-state index in [1.807, 2.05) is 6.92 Å². The number of carbonyl (C=O) groups is 1. The van der Waals surface area contributed by atoms with Crippen molar-refractivity contribution in [2.24, 2.45) is 0 Å². The molecule has 7 heteroatoms. The Hall–Kier alpha value is -1.54. The molecular weight excluding hydrogens is 266 g/mol. The molecule has 110 valence electrons. The van der Waals surface area contributed by atoms with E-state index in [0.29, 0.717) is 12.1 Å². The van der Waals surface area contributed by atoms with Crippen molar-refractivity contribution in [3.05, 3.63) is 29.6 Å². The predicted octanol–water partition coefficient (Wildman–Crippen LogP) is -0.760. The van der Waals surface area contributed by atoms with Gasteiger partial charge in [0.05, 0.1) is 17.9 Å². The molecule has 0 spiro atoms. The summed E-state index contributed by atoms with van der Waals surface area (Å²) < 4.78 is 10.1. The van der Waals surface area contributed by atoms with Crippen molar-refractivity contribution >= 4 is 5.97 Å². The van der Waals surface area contributed by atoms with E-state index >= 15 is 0 Å². The molecule has 0 radical (unpaired) electrons. The second-order valence-electron chi connectivity index (χ2n) is 4.46. The standard InChI is InChI=1S/C13H17NO6/c1-2-8-7(4-3-5-14-8)12(18)20-13-11(17)10(16)9(6-15)19-13/h3-5,9-11,13,15-17H,2,6H2,1H3/t9-,10-,11-,13?/m1/s1. The van der Waals surface area contributed by atoms with Crippen LogP contribution < -0.4 is 0 Å². The number of aryl methyl sites for hydroxylation is 1. The molecule has 0 saturated carbocycles. The maximum atomic E-state index is 12.0. The van der Waals surface area contributed by atoms with E-state index in [0.717, 1.165) is 0 Å². The monoisotopic (exact) mass is 283 g/mol. The number of hydrogen-bond acceptors (Lipinski definition) is 7. The molecule has 20 heavy (non-hydrogen) atoms. The number of pyridine rings is 1. The van der Waals surface area contributed by atoms with E-state index in [1.165, 1.54) is 0 Å². The number of aliphatic hydroxyl groups is 3. The average Bonchev–Trinajstić information content (AvgIpc) is 2.75. The number of hydrogen-bond donors (Lipinski definition) is 3. The van der Waals surface area contributed by atoms with Gasteiger partial charge in [0.15, 0.2) is 0 Å². The molecule has 1 aromatic rings. The first-order valence-electron chi connectivity index (χ1n) is 6.35. The summed E-state index contributed by atoms with van der Waals surface area (Å²) >= 11 is 0. The Labute approximate surface area is 115 Å². The lowest BCUT2D eigenvalue weighted by atomic mass is 10.1. The lowest BCUT2D eigenvalue weighted by Crippen LogP contribution is -2.35. The van der Waals surface area contributed by atoms with Crippen molar-refractivity contribution < 1.29 is 29.6 Å². The fraction of sp³-hybridized carbons (Fsp3) is 0.538. The minimum atomic E-state index is -1.39. The van der Waals surface area contributed by atoms with E-state index < -0.39 is 37.2 Å². The van der Waals surface area contributed by atoms with Crippen molar-refractivity contribution in [2.45, 2.75) is 37.9 Å². The van der Waals surface area contributed by atoms with Crippen LogP contribution in [0, 0.1) is 0 Å². The number of aliphatic hydroxyl groups excluding tert-OH is 3. The van der Waals surface area contributed by atoms with Crippen LogP contribution in [0.15, 0.2) is 18.3 Å². The minimum Gasteiger partial charge on any atom is -0.429 e. The smallest absolute Gasteiger partial charge is 0.342 e. The first-order chi connectivity index (χ1) is 9.58. The molecule has 1 saturated heterocycles. The van der Waals surface area contributed by atoms with Crippen molar-refractivity contribution in [1.29, 1.82) is 0 Å². The number of ether oxygens (including phenoxy) is 2. The summed E-state index contributed by atoms with van der Waals surface area (Å²) in [6, 6.07) is 3.17. The Morgan fingerprint density at radius 3 is 2.80 bits per heavy atom. The summed E-state index contributed by atoms with van der Waals surface area (Å²) in [6.45, 7) is 1.38. The van der Waals surface area contributed by atoms with Gasteiger partial charge in [-0.05, 0) is 18.6 Å². The van der Waals surface area contributed by atoms with Crippen LogP contribution in [0.25, 0.3) is 0 Å². The lowest BCUT2D eigenvalue weighted by molar-refractivity contribution is -0.139. The van der Waals surface area contributed by atoms with E-state index in [2.05, 4.69) is 4.98 Å². The third kappa shape index (κ3) is 2.80. The van der Waals surface area contributed by atoms with Crippen LogP contribution in [0.2, 0.25) is 0 Å². The van der Waals surface area contributed by atoms with Gasteiger partial charge < -0.3 is 24.8 Å². The Kier molecular flexibility index (Phi) is 4.66. The van der Waals surface area contributed by atoms with Crippen molar-refractivity contribution in [3.63, 3.8) is 0 Å². The number of aromatic nitrogens is 1. The molecule has 0 bridgehead atoms. The molecule has 2 rings (SSSR count). The molecule has 1 aliphatic heterocycles. The summed E-state index contributed by atoms with van der Waals surface area (Å²) in [5, 5.41) is 28.2. The second kappa shape index (κ2) is 6.27. The molecule has 7 nitrogen and oxygen atoms in total. The highest BCUT2D eigenvalue weighted by molar-refractivity contribution is 5.90. The number of esters is 1. The zero-order valence-electron chi connectivity index (χ0n) is 11.0. The van der Waals surface area contributed by atoms with Gasteiger partial charge in [-0.1, -0.05) is 6.92 Å². The van der Waals surface area contributed by atoms with Crippen molar-refractivity contribution in [3.8, 4) is 0 Å². The third-order valence-corrected chi connectivity index (χ3v) is 3.17. The van der Waals surface area contributed by atoms with Gasteiger partial charge in [0.1, 0.15) is 18.3 Å². The van der Waals surface area contributed by atoms with Crippen LogP contribution in [0.5, 0.6) is 0 Å². The fourth-order valence-electron chi connectivity index (χ4n) is 2.04. The maximum Gasteiger partial charge on any atom is 0.342 e. The molecule has 0 amide bonds. The first kappa shape index (κ1) is 14.9. The molecule has 1 aromatic heterocycles. The van der Waals surface area contributed by atoms with Crippen LogP contribution in [0.3, 0.4) is 0 Å². The molecule has 1 fully saturated rings. The largest absolute Gasteiger partial charge is 0.429 e. The van der Waals surface area contributed by atoms with Gasteiger partial charge in [0.2, 0.25) is 6.29 Å². The van der Waals surface area contributed by atoms with Gasteiger partial charge in [-0.3, -0.25) is 4.98 Å². The molecular formula is C13H17NO6. The zero-order valence-corrected chi connectivity index (χ0v) is 11.0. The van der Waals surface area contributed by atoms with Crippen LogP contribution in [-0.4, -0.2) is 57.5 Å². The molecule has 0 aromatic carbocycles. The van der Waals surface area contributed by atoms with Crippen molar-refractivity contribution in [1.82, 2.24) is 4.98 Å². The summed E-state index contributed by atoms with van der Waals surface area (Å²) in [5.41, 5.74) is 0.858. The van der Waals surface area contributed by atoms with Gasteiger partial charge in [0.25, 0.3) is 0 Å². The van der Waals surface area contributed by atoms with Gasteiger partial charge >= 0.3 is 5.97 Å². The van der Waals surface area contributed by atoms with E-state index in [1.54, 1.807) is 18.3 Å². The summed E-state index contributed by atoms with van der Waals surface area (Å²) in [4.78, 5) is 16.1. The molecule has 3 N–H and O–H groups in total. The SMILES string of the molecule is CCc1ncccc1C(=O)OC1O[C@H](CO)[C@@H](O)[C@H]1O. The third-order valence-electron chi connectivity index (χ3n) is 3.17. The highest BCUT2D eigenvalue weighted by atomic mass is 16.7. The van der Waals surface area contributed by atoms with Gasteiger partial charge in [-0.2, -0.15) is 0 Å². The Morgan fingerprint density at radius 2 is 2.20 bits per heavy atom. The number of nitrogens with zero attached hydrogens (tertiary/aromatic N) is 1. The molecule has 2 heterocycles. The number of rotatable bonds is 4. The molecule has 1 unspecified atom stereocenters. The van der Waals surface area contributed by atoms with Gasteiger partial charge in [0, 0.05) is 6.20 Å². The fourth-order valence-corrected chi connectivity index (χ4v) is 2.04. The van der Waals surface area contributed by atoms with Gasteiger partial charge in [-0.25, -0.2) is 4.79 Å². The van der Waals surface area contributed by atoms with Crippen LogP contribution in [-0.2, 0) is 15.9 Å². The summed E-state index contributed by atoms with van der Waals surface area (Å²) in [6.07, 6.45) is -2.83. The number of carbonyl (C=O) groups excluding carboxylic acids is 1. The molecule has 0 aliphatic carbocycles. The quantitative estimate of drug-likeness (QED) is 0.623. The average molecular weight is 283 g/mol. The molecule has 1 aliphatic rings. The van der Waals surface area contributed by atoms with Crippen LogP contribution in [0.1, 0.15) is 23.0 Å². The summed E-state index contributed by atoms with van der Waals surface area (Å²) in [5.74, 6) is -0.690. The Bertz CT molecular complexity index is 480. The van der Waals surface area contributed by atoms with Crippen LogP contribution >= 0.6 is 0 Å². The highest BCUT2D eigenvalue weighted by Gasteiger charge is 2.44. The predicted molar refractivity (Wildman–Crippen MR) is 66.8 cm³/mol. The Morgan fingerprint density at radius 1 is 1.45 bits per heavy atom. The Balaban J connectivity index is 2.09. The maximum absolute atomic E-state index is 12.0.